The lowest BCUT2D eigenvalue weighted by Crippen LogP contribution is -2.56. The largest absolute Gasteiger partial charge is 0.494 e. The highest BCUT2D eigenvalue weighted by Crippen LogP contribution is 2.37. The average Bonchev–Trinajstić information content (AvgIpc) is 2.76. The number of halogens is 1. The molecule has 1 saturated heterocycles. The number of carbonyl (C=O) groups excluding carboxylic acids is 2. The molecule has 178 valence electrons. The van der Waals surface area contributed by atoms with Gasteiger partial charge in [0.25, 0.3) is 0 Å². The Morgan fingerprint density at radius 1 is 1.03 bits per heavy atom. The fourth-order valence-corrected chi connectivity index (χ4v) is 4.12. The first kappa shape index (κ1) is 25.0. The van der Waals surface area contributed by atoms with Crippen LogP contribution in [0.25, 0.3) is 0 Å². The molecule has 8 heteroatoms. The van der Waals surface area contributed by atoms with E-state index in [2.05, 4.69) is 0 Å². The van der Waals surface area contributed by atoms with E-state index in [9.17, 15) is 14.7 Å². The Morgan fingerprint density at radius 2 is 1.67 bits per heavy atom. The summed E-state index contributed by atoms with van der Waals surface area (Å²) in [5.74, 6) is -0.364. The number of hydrogen-bond acceptors (Lipinski definition) is 7. The molecule has 1 aliphatic rings. The van der Waals surface area contributed by atoms with E-state index in [1.807, 2.05) is 37.3 Å². The van der Waals surface area contributed by atoms with E-state index in [0.717, 1.165) is 16.9 Å². The molecular formula is C25H29ClO7. The van der Waals surface area contributed by atoms with Gasteiger partial charge in [0.05, 0.1) is 12.7 Å². The molecule has 1 N–H and O–H groups in total. The Balaban J connectivity index is 1.92. The summed E-state index contributed by atoms with van der Waals surface area (Å²) in [6, 6.07) is 13.2. The number of aliphatic hydroxyl groups is 1. The summed E-state index contributed by atoms with van der Waals surface area (Å²) in [6.07, 6.45) is -4.08. The molecule has 33 heavy (non-hydrogen) atoms. The third-order valence-electron chi connectivity index (χ3n) is 5.43. The summed E-state index contributed by atoms with van der Waals surface area (Å²) < 4.78 is 22.3. The van der Waals surface area contributed by atoms with Crippen molar-refractivity contribution in [3.8, 4) is 5.75 Å². The highest BCUT2D eigenvalue weighted by Gasteiger charge is 2.48. The number of hydrogen-bond donors (Lipinski definition) is 1. The van der Waals surface area contributed by atoms with Gasteiger partial charge >= 0.3 is 11.9 Å². The van der Waals surface area contributed by atoms with Crippen LogP contribution < -0.4 is 4.74 Å². The molecular weight excluding hydrogens is 448 g/mol. The predicted octanol–water partition coefficient (Wildman–Crippen LogP) is 4.01. The first-order chi connectivity index (χ1) is 15.7. The second-order valence-electron chi connectivity index (χ2n) is 8.01. The van der Waals surface area contributed by atoms with Crippen LogP contribution >= 0.6 is 11.6 Å². The Labute approximate surface area is 198 Å². The van der Waals surface area contributed by atoms with Gasteiger partial charge in [0, 0.05) is 18.9 Å². The van der Waals surface area contributed by atoms with E-state index in [-0.39, 0.29) is 0 Å². The lowest BCUT2D eigenvalue weighted by Gasteiger charge is -2.42. The summed E-state index contributed by atoms with van der Waals surface area (Å²) in [4.78, 5) is 23.5. The number of rotatable bonds is 7. The molecule has 3 rings (SSSR count). The van der Waals surface area contributed by atoms with Crippen molar-refractivity contribution in [3.05, 3.63) is 64.2 Å². The second kappa shape index (κ2) is 11.0. The summed E-state index contributed by atoms with van der Waals surface area (Å²) >= 11 is 6.48. The van der Waals surface area contributed by atoms with E-state index in [1.54, 1.807) is 19.1 Å². The van der Waals surface area contributed by atoms with Crippen molar-refractivity contribution in [2.24, 2.45) is 0 Å². The summed E-state index contributed by atoms with van der Waals surface area (Å²) in [6.45, 7) is 6.70. The van der Waals surface area contributed by atoms with Crippen LogP contribution in [0.3, 0.4) is 0 Å². The zero-order chi connectivity index (χ0) is 24.1. The smallest absolute Gasteiger partial charge is 0.303 e. The molecule has 5 unspecified atom stereocenters. The molecule has 0 radical (unpaired) electrons. The maximum Gasteiger partial charge on any atom is 0.303 e. The average molecular weight is 477 g/mol. The van der Waals surface area contributed by atoms with Gasteiger partial charge in [0.2, 0.25) is 0 Å². The van der Waals surface area contributed by atoms with Crippen LogP contribution in [-0.4, -0.2) is 48.1 Å². The Kier molecular flexibility index (Phi) is 8.35. The number of aliphatic hydroxyl groups excluding tert-OH is 1. The van der Waals surface area contributed by atoms with Crippen molar-refractivity contribution in [2.45, 2.75) is 64.6 Å². The minimum atomic E-state index is -1.15. The van der Waals surface area contributed by atoms with Gasteiger partial charge in [-0.15, -0.1) is 0 Å². The van der Waals surface area contributed by atoms with Crippen LogP contribution in [0.5, 0.6) is 5.75 Å². The number of ether oxygens (including phenoxy) is 4. The van der Waals surface area contributed by atoms with Gasteiger partial charge in [-0.05, 0) is 55.2 Å². The molecule has 5 atom stereocenters. The Hall–Kier alpha value is -2.61. The van der Waals surface area contributed by atoms with Crippen molar-refractivity contribution in [3.63, 3.8) is 0 Å². The van der Waals surface area contributed by atoms with Crippen molar-refractivity contribution in [1.82, 2.24) is 0 Å². The molecule has 2 aromatic carbocycles. The van der Waals surface area contributed by atoms with Crippen molar-refractivity contribution in [2.75, 3.05) is 6.61 Å². The van der Waals surface area contributed by atoms with E-state index >= 15 is 0 Å². The Bertz CT molecular complexity index is 975. The van der Waals surface area contributed by atoms with Gasteiger partial charge < -0.3 is 24.1 Å². The predicted molar refractivity (Wildman–Crippen MR) is 122 cm³/mol. The molecule has 2 aromatic rings. The Morgan fingerprint density at radius 3 is 2.27 bits per heavy atom. The van der Waals surface area contributed by atoms with E-state index in [1.165, 1.54) is 13.8 Å². The lowest BCUT2D eigenvalue weighted by molar-refractivity contribution is -0.239. The zero-order valence-electron chi connectivity index (χ0n) is 19.1. The number of carbonyl (C=O) groups is 2. The van der Waals surface area contributed by atoms with Crippen LogP contribution in [0.1, 0.15) is 50.5 Å². The molecule has 0 amide bonds. The highest BCUT2D eigenvalue weighted by molar-refractivity contribution is 6.31. The molecule has 0 aliphatic carbocycles. The van der Waals surface area contributed by atoms with E-state index < -0.39 is 42.5 Å². The first-order valence-electron chi connectivity index (χ1n) is 10.9. The van der Waals surface area contributed by atoms with Gasteiger partial charge in [-0.25, -0.2) is 0 Å². The quantitative estimate of drug-likeness (QED) is 0.603. The number of benzene rings is 2. The summed E-state index contributed by atoms with van der Waals surface area (Å²) in [7, 11) is 0. The summed E-state index contributed by atoms with van der Waals surface area (Å²) in [5.41, 5.74) is 2.59. The maximum atomic E-state index is 11.8. The highest BCUT2D eigenvalue weighted by atomic mass is 35.5. The normalized spacial score (nSPS) is 24.7. The third kappa shape index (κ3) is 6.25. The van der Waals surface area contributed by atoms with Crippen LogP contribution in [0.15, 0.2) is 42.5 Å². The van der Waals surface area contributed by atoms with Gasteiger partial charge in [-0.1, -0.05) is 35.9 Å². The molecule has 1 heterocycles. The van der Waals surface area contributed by atoms with E-state index in [0.29, 0.717) is 23.6 Å². The monoisotopic (exact) mass is 476 g/mol. The van der Waals surface area contributed by atoms with E-state index in [4.69, 9.17) is 30.5 Å². The SMILES string of the molecule is CCOc1ccc(Cc2cc(C3OC(C)C(O)C(OC(C)=O)C3OC(C)=O)ccc2Cl)cc1. The maximum absolute atomic E-state index is 11.8. The molecule has 0 saturated carbocycles. The first-order valence-corrected chi connectivity index (χ1v) is 11.3. The standard InChI is InChI=1S/C25H29ClO7/c1-5-30-20-9-6-17(7-10-20)12-19-13-18(8-11-21(19)26)23-25(33-16(4)28)24(32-15(3)27)22(29)14(2)31-23/h6-11,13-14,22-25,29H,5,12H2,1-4H3. The van der Waals surface area contributed by atoms with Crippen LogP contribution in [-0.2, 0) is 30.2 Å². The molecule has 0 bridgehead atoms. The van der Waals surface area contributed by atoms with Gasteiger partial charge in [0.15, 0.2) is 12.2 Å². The van der Waals surface area contributed by atoms with Crippen molar-refractivity contribution < 1.29 is 33.6 Å². The minimum absolute atomic E-state index is 0.565. The van der Waals surface area contributed by atoms with Crippen LogP contribution in [0.2, 0.25) is 5.02 Å². The fraction of sp³-hybridized carbons (Fsp3) is 0.440. The molecule has 1 fully saturated rings. The van der Waals surface area contributed by atoms with Crippen LogP contribution in [0.4, 0.5) is 0 Å². The van der Waals surface area contributed by atoms with Crippen LogP contribution in [0, 0.1) is 0 Å². The molecule has 7 nitrogen and oxygen atoms in total. The topological polar surface area (TPSA) is 91.3 Å². The lowest BCUT2D eigenvalue weighted by atomic mass is 9.90. The summed E-state index contributed by atoms with van der Waals surface area (Å²) in [5, 5.41) is 11.1. The third-order valence-corrected chi connectivity index (χ3v) is 5.80. The van der Waals surface area contributed by atoms with Crippen molar-refractivity contribution >= 4 is 23.5 Å². The fourth-order valence-electron chi connectivity index (χ4n) is 3.94. The molecule has 0 aromatic heterocycles. The van der Waals surface area contributed by atoms with Gasteiger partial charge in [0.1, 0.15) is 18.0 Å². The van der Waals surface area contributed by atoms with Crippen molar-refractivity contribution in [1.29, 1.82) is 0 Å². The zero-order valence-corrected chi connectivity index (χ0v) is 19.9. The molecule has 0 spiro atoms. The van der Waals surface area contributed by atoms with Gasteiger partial charge in [-0.2, -0.15) is 0 Å². The molecule has 1 aliphatic heterocycles. The van der Waals surface area contributed by atoms with Gasteiger partial charge in [-0.3, -0.25) is 9.59 Å². The second-order valence-corrected chi connectivity index (χ2v) is 8.41. The number of esters is 2. The minimum Gasteiger partial charge on any atom is -0.494 e.